The predicted molar refractivity (Wildman–Crippen MR) is 49.1 cm³/mol. The second kappa shape index (κ2) is 4.09. The van der Waals surface area contributed by atoms with Crippen molar-refractivity contribution in [3.8, 4) is 0 Å². The van der Waals surface area contributed by atoms with Crippen LogP contribution in [-0.4, -0.2) is 5.78 Å². The summed E-state index contributed by atoms with van der Waals surface area (Å²) >= 11 is 5.24. The van der Waals surface area contributed by atoms with Crippen LogP contribution in [0.2, 0.25) is 0 Å². The van der Waals surface area contributed by atoms with Gasteiger partial charge in [-0.3, -0.25) is 4.79 Å². The van der Waals surface area contributed by atoms with Crippen molar-refractivity contribution in [2.75, 3.05) is 5.43 Å². The van der Waals surface area contributed by atoms with E-state index in [9.17, 15) is 4.79 Å². The normalized spacial score (nSPS) is 9.50. The Hall–Kier alpha value is -1.06. The lowest BCUT2D eigenvalue weighted by Gasteiger charge is -2.06. The molecule has 0 unspecified atom stereocenters. The third kappa shape index (κ3) is 1.96. The van der Waals surface area contributed by atoms with E-state index in [4.69, 9.17) is 11.8 Å². The number of hydrogen-bond donors (Lipinski definition) is 2. The van der Waals surface area contributed by atoms with Crippen LogP contribution in [0.4, 0.5) is 5.69 Å². The molecule has 0 fully saturated rings. The Morgan fingerprint density at radius 3 is 2.67 bits per heavy atom. The van der Waals surface area contributed by atoms with Crippen LogP contribution in [0.3, 0.4) is 0 Å². The summed E-state index contributed by atoms with van der Waals surface area (Å²) in [6.45, 7) is 1.51. The van der Waals surface area contributed by atoms with Gasteiger partial charge in [-0.05, 0) is 30.8 Å². The van der Waals surface area contributed by atoms with Gasteiger partial charge in [-0.2, -0.15) is 0 Å². The minimum absolute atomic E-state index is 0.00465. The van der Waals surface area contributed by atoms with Gasteiger partial charge in [-0.1, -0.05) is 12.1 Å². The molecule has 64 valence electrons. The summed E-state index contributed by atoms with van der Waals surface area (Å²) in [5, 5.41) is 0. The topological polar surface area (TPSA) is 41.1 Å². The van der Waals surface area contributed by atoms with E-state index in [0.29, 0.717) is 11.3 Å². The van der Waals surface area contributed by atoms with Crippen LogP contribution < -0.4 is 10.4 Å². The zero-order chi connectivity index (χ0) is 8.97. The average Bonchev–Trinajstić information content (AvgIpc) is 2.05. The largest absolute Gasteiger partial charge is 0.307 e. The zero-order valence-electron chi connectivity index (χ0n) is 6.60. The Balaban J connectivity index is 3.00. The molecule has 0 heterocycles. The van der Waals surface area contributed by atoms with E-state index in [1.165, 1.54) is 6.92 Å². The fraction of sp³-hybridized carbons (Fsp3) is 0.125. The molecule has 0 aliphatic heterocycles. The number of ketones is 1. The number of hydrogen-bond acceptors (Lipinski definition) is 3. The second-order valence-corrected chi connectivity index (χ2v) is 2.51. The minimum Gasteiger partial charge on any atom is -0.307 e. The Bertz CT molecular complexity index is 288. The summed E-state index contributed by atoms with van der Waals surface area (Å²) in [5.74, 6) is 0.00465. The van der Waals surface area contributed by atoms with E-state index in [1.54, 1.807) is 18.2 Å². The van der Waals surface area contributed by atoms with Gasteiger partial charge in [-0.15, -0.1) is 4.94 Å². The van der Waals surface area contributed by atoms with Gasteiger partial charge in [0, 0.05) is 5.56 Å². The highest BCUT2D eigenvalue weighted by Crippen LogP contribution is 2.14. The standard InChI is InChI=1S/C8H9ClN2O/c1-6(12)7-4-2-3-5-8(7)10-11-9/h2-5,10-11H,1H3. The second-order valence-electron chi connectivity index (χ2n) is 2.32. The highest BCUT2D eigenvalue weighted by molar-refractivity contribution is 6.14. The van der Waals surface area contributed by atoms with Crippen molar-refractivity contribution in [3.05, 3.63) is 29.8 Å². The van der Waals surface area contributed by atoms with Crippen molar-refractivity contribution in [1.82, 2.24) is 4.94 Å². The van der Waals surface area contributed by atoms with Gasteiger partial charge in [0.25, 0.3) is 0 Å². The molecule has 0 spiro atoms. The molecule has 0 aromatic heterocycles. The Labute approximate surface area is 75.8 Å². The summed E-state index contributed by atoms with van der Waals surface area (Å²) in [4.78, 5) is 13.3. The first-order chi connectivity index (χ1) is 5.75. The number of Topliss-reactive ketones (excluding diaryl/α,β-unsaturated/α-hetero) is 1. The number of para-hydroxylation sites is 1. The lowest BCUT2D eigenvalue weighted by atomic mass is 10.1. The highest BCUT2D eigenvalue weighted by atomic mass is 35.5. The molecule has 4 heteroatoms. The first-order valence-electron chi connectivity index (χ1n) is 3.47. The summed E-state index contributed by atoms with van der Waals surface area (Å²) < 4.78 is 0. The molecule has 12 heavy (non-hydrogen) atoms. The van der Waals surface area contributed by atoms with E-state index >= 15 is 0 Å². The van der Waals surface area contributed by atoms with Crippen LogP contribution in [0, 0.1) is 0 Å². The number of rotatable bonds is 3. The molecule has 2 N–H and O–H groups in total. The minimum atomic E-state index is 0.00465. The van der Waals surface area contributed by atoms with Crippen molar-refractivity contribution in [2.45, 2.75) is 6.92 Å². The van der Waals surface area contributed by atoms with Gasteiger partial charge >= 0.3 is 0 Å². The van der Waals surface area contributed by atoms with E-state index in [-0.39, 0.29) is 5.78 Å². The van der Waals surface area contributed by atoms with Crippen molar-refractivity contribution < 1.29 is 4.79 Å². The van der Waals surface area contributed by atoms with Crippen molar-refractivity contribution in [1.29, 1.82) is 0 Å². The fourth-order valence-corrected chi connectivity index (χ4v) is 1.05. The smallest absolute Gasteiger partial charge is 0.161 e. The first kappa shape index (κ1) is 9.03. The third-order valence-electron chi connectivity index (χ3n) is 1.49. The molecule has 0 radical (unpaired) electrons. The summed E-state index contributed by atoms with van der Waals surface area (Å²) in [6, 6.07) is 7.13. The quantitative estimate of drug-likeness (QED) is 0.429. The number of halogens is 1. The maximum Gasteiger partial charge on any atom is 0.161 e. The van der Waals surface area contributed by atoms with Crippen molar-refractivity contribution >= 4 is 23.2 Å². The van der Waals surface area contributed by atoms with Crippen LogP contribution in [0.25, 0.3) is 0 Å². The lowest BCUT2D eigenvalue weighted by molar-refractivity contribution is 0.101. The number of anilines is 1. The number of nitrogens with one attached hydrogen (secondary N) is 2. The van der Waals surface area contributed by atoms with Gasteiger partial charge in [0.2, 0.25) is 0 Å². The molecule has 0 saturated carbocycles. The van der Waals surface area contributed by atoms with Gasteiger partial charge < -0.3 is 5.43 Å². The molecule has 0 saturated heterocycles. The van der Waals surface area contributed by atoms with Gasteiger partial charge in [0.05, 0.1) is 5.69 Å². The predicted octanol–water partition coefficient (Wildman–Crippen LogP) is 1.96. The maximum absolute atomic E-state index is 11.0. The summed E-state index contributed by atoms with van der Waals surface area (Å²) in [7, 11) is 0. The summed E-state index contributed by atoms with van der Waals surface area (Å²) in [5.41, 5.74) is 3.95. The van der Waals surface area contributed by atoms with Crippen molar-refractivity contribution in [2.24, 2.45) is 0 Å². The first-order valence-corrected chi connectivity index (χ1v) is 3.85. The molecule has 0 aliphatic rings. The van der Waals surface area contributed by atoms with Gasteiger partial charge in [0.15, 0.2) is 5.78 Å². The van der Waals surface area contributed by atoms with Crippen LogP contribution in [-0.2, 0) is 0 Å². The number of carbonyl (C=O) groups excluding carboxylic acids is 1. The molecule has 1 rings (SSSR count). The number of hydrazine groups is 1. The molecule has 0 amide bonds. The monoisotopic (exact) mass is 184 g/mol. The average molecular weight is 185 g/mol. The molecule has 3 nitrogen and oxygen atoms in total. The molecule has 1 aromatic carbocycles. The molecule has 0 aliphatic carbocycles. The Morgan fingerprint density at radius 1 is 1.42 bits per heavy atom. The molecule has 0 atom stereocenters. The third-order valence-corrected chi connectivity index (χ3v) is 1.58. The van der Waals surface area contributed by atoms with Gasteiger partial charge in [-0.25, -0.2) is 0 Å². The fourth-order valence-electron chi connectivity index (χ4n) is 0.950. The Kier molecular flexibility index (Phi) is 3.08. The molecular weight excluding hydrogens is 176 g/mol. The maximum atomic E-state index is 11.0. The van der Waals surface area contributed by atoms with E-state index < -0.39 is 0 Å². The molecule has 1 aromatic rings. The van der Waals surface area contributed by atoms with Gasteiger partial charge in [0.1, 0.15) is 0 Å². The number of benzene rings is 1. The van der Waals surface area contributed by atoms with Crippen LogP contribution in [0.5, 0.6) is 0 Å². The SMILES string of the molecule is CC(=O)c1ccccc1NNCl. The van der Waals surface area contributed by atoms with Crippen LogP contribution in [0.1, 0.15) is 17.3 Å². The summed E-state index contributed by atoms with van der Waals surface area (Å²) in [6.07, 6.45) is 0. The van der Waals surface area contributed by atoms with E-state index in [1.807, 2.05) is 6.07 Å². The lowest BCUT2D eigenvalue weighted by Crippen LogP contribution is -2.11. The zero-order valence-corrected chi connectivity index (χ0v) is 7.35. The molecule has 0 bridgehead atoms. The molecular formula is C8H9ClN2O. The number of carbonyl (C=O) groups is 1. The van der Waals surface area contributed by atoms with Crippen molar-refractivity contribution in [3.63, 3.8) is 0 Å². The van der Waals surface area contributed by atoms with Crippen LogP contribution in [0.15, 0.2) is 24.3 Å². The van der Waals surface area contributed by atoms with E-state index in [2.05, 4.69) is 10.4 Å². The highest BCUT2D eigenvalue weighted by Gasteiger charge is 2.03. The van der Waals surface area contributed by atoms with Crippen LogP contribution >= 0.6 is 11.8 Å². The van der Waals surface area contributed by atoms with E-state index in [0.717, 1.165) is 0 Å². The Morgan fingerprint density at radius 2 is 2.08 bits per heavy atom.